The van der Waals surface area contributed by atoms with Gasteiger partial charge in [-0.2, -0.15) is 0 Å². The summed E-state index contributed by atoms with van der Waals surface area (Å²) in [7, 11) is 0. The van der Waals surface area contributed by atoms with Crippen LogP contribution in [0.3, 0.4) is 0 Å². The van der Waals surface area contributed by atoms with Crippen molar-refractivity contribution in [1.82, 2.24) is 0 Å². The minimum absolute atomic E-state index is 0.173. The number of hydrogen-bond acceptors (Lipinski definition) is 3. The highest BCUT2D eigenvalue weighted by Crippen LogP contribution is 2.27. The highest BCUT2D eigenvalue weighted by molar-refractivity contribution is 5.67. The van der Waals surface area contributed by atoms with Gasteiger partial charge in [0.2, 0.25) is 6.29 Å². The lowest BCUT2D eigenvalue weighted by Gasteiger charge is -2.24. The molecule has 1 atom stereocenters. The number of unbranched alkanes of at least 4 members (excludes halogenated alkanes) is 2. The van der Waals surface area contributed by atoms with E-state index >= 15 is 0 Å². The van der Waals surface area contributed by atoms with Crippen LogP contribution in [-0.2, 0) is 14.3 Å². The zero-order valence-electron chi connectivity index (χ0n) is 9.97. The molecule has 0 saturated heterocycles. The summed E-state index contributed by atoms with van der Waals surface area (Å²) >= 11 is 0. The molecule has 87 valence electrons. The number of carbonyl (C=O) groups excluding carboxylic acids is 2. The van der Waals surface area contributed by atoms with Crippen molar-refractivity contribution >= 4 is 12.3 Å². The Labute approximate surface area is 92.2 Å². The second-order valence-electron chi connectivity index (χ2n) is 3.97. The third-order valence-electron chi connectivity index (χ3n) is 2.70. The molecule has 0 saturated carbocycles. The van der Waals surface area contributed by atoms with Crippen molar-refractivity contribution < 1.29 is 14.3 Å². The van der Waals surface area contributed by atoms with Crippen molar-refractivity contribution in [3.8, 4) is 0 Å². The molecular formula is C12H21O3. The Morgan fingerprint density at radius 1 is 1.33 bits per heavy atom. The summed E-state index contributed by atoms with van der Waals surface area (Å²) < 4.78 is 4.92. The van der Waals surface area contributed by atoms with Crippen LogP contribution in [-0.4, -0.2) is 18.9 Å². The van der Waals surface area contributed by atoms with E-state index in [2.05, 4.69) is 13.2 Å². The molecule has 3 heteroatoms. The zero-order chi connectivity index (χ0) is 11.7. The van der Waals surface area contributed by atoms with E-state index < -0.39 is 5.41 Å². The largest absolute Gasteiger partial charge is 0.465 e. The van der Waals surface area contributed by atoms with E-state index in [1.165, 1.54) is 6.92 Å². The summed E-state index contributed by atoms with van der Waals surface area (Å²) in [6.45, 7) is 5.58. The van der Waals surface area contributed by atoms with E-state index in [9.17, 15) is 9.59 Å². The second kappa shape index (κ2) is 7.43. The van der Waals surface area contributed by atoms with Crippen LogP contribution in [0.5, 0.6) is 0 Å². The summed E-state index contributed by atoms with van der Waals surface area (Å²) in [6.07, 6.45) is 6.69. The third-order valence-corrected chi connectivity index (χ3v) is 2.70. The highest BCUT2D eigenvalue weighted by Gasteiger charge is 2.29. The molecule has 0 aliphatic heterocycles. The van der Waals surface area contributed by atoms with E-state index in [-0.39, 0.29) is 12.6 Å². The van der Waals surface area contributed by atoms with Gasteiger partial charge in [0.05, 0.1) is 5.41 Å². The first-order valence-corrected chi connectivity index (χ1v) is 5.63. The number of ether oxygens (including phenoxy) is 1. The second-order valence-corrected chi connectivity index (χ2v) is 3.97. The smallest absolute Gasteiger partial charge is 0.302 e. The van der Waals surface area contributed by atoms with Crippen LogP contribution in [0.15, 0.2) is 0 Å². The zero-order valence-corrected chi connectivity index (χ0v) is 9.97. The maximum Gasteiger partial charge on any atom is 0.302 e. The first-order chi connectivity index (χ1) is 7.10. The fourth-order valence-electron chi connectivity index (χ4n) is 1.46. The Morgan fingerprint density at radius 3 is 2.40 bits per heavy atom. The Kier molecular flexibility index (Phi) is 7.01. The van der Waals surface area contributed by atoms with Crippen LogP contribution < -0.4 is 0 Å². The number of esters is 1. The maximum atomic E-state index is 10.9. The van der Waals surface area contributed by atoms with Gasteiger partial charge in [-0.1, -0.05) is 33.1 Å². The van der Waals surface area contributed by atoms with Crippen molar-refractivity contribution in [2.24, 2.45) is 5.41 Å². The minimum atomic E-state index is -0.582. The first-order valence-electron chi connectivity index (χ1n) is 5.63. The van der Waals surface area contributed by atoms with Crippen molar-refractivity contribution in [2.45, 2.75) is 52.9 Å². The third kappa shape index (κ3) is 5.55. The Morgan fingerprint density at radius 2 is 2.00 bits per heavy atom. The lowest BCUT2D eigenvalue weighted by atomic mass is 9.82. The van der Waals surface area contributed by atoms with Gasteiger partial charge in [-0.3, -0.25) is 9.59 Å². The normalized spacial score (nSPS) is 14.3. The molecule has 15 heavy (non-hydrogen) atoms. The predicted octanol–water partition coefficient (Wildman–Crippen LogP) is 2.64. The number of carbonyl (C=O) groups is 1. The SMILES string of the molecule is CCCCCC([C]=O)(CC)COC(C)=O. The average molecular weight is 213 g/mol. The monoisotopic (exact) mass is 213 g/mol. The molecule has 0 spiro atoms. The number of rotatable bonds is 8. The van der Waals surface area contributed by atoms with Gasteiger partial charge < -0.3 is 4.74 Å². The van der Waals surface area contributed by atoms with Crippen molar-refractivity contribution in [2.75, 3.05) is 6.61 Å². The molecule has 0 aromatic heterocycles. The lowest BCUT2D eigenvalue weighted by Crippen LogP contribution is -2.29. The first kappa shape index (κ1) is 14.1. The molecule has 0 amide bonds. The molecule has 1 radical (unpaired) electrons. The van der Waals surface area contributed by atoms with Crippen molar-refractivity contribution in [3.63, 3.8) is 0 Å². The molecule has 0 aliphatic rings. The van der Waals surface area contributed by atoms with Crippen molar-refractivity contribution in [3.05, 3.63) is 0 Å². The van der Waals surface area contributed by atoms with Gasteiger partial charge in [-0.05, 0) is 12.8 Å². The number of hydrogen-bond donors (Lipinski definition) is 0. The molecule has 3 nitrogen and oxygen atoms in total. The summed E-state index contributed by atoms with van der Waals surface area (Å²) in [4.78, 5) is 21.6. The standard InChI is InChI=1S/C12H21O3/c1-4-6-7-8-12(5-2,9-13)10-15-11(3)14/h4-8,10H2,1-3H3. The molecule has 0 fully saturated rings. The summed E-state index contributed by atoms with van der Waals surface area (Å²) in [6, 6.07) is 0. The van der Waals surface area contributed by atoms with Gasteiger partial charge >= 0.3 is 5.97 Å². The van der Waals surface area contributed by atoms with Crippen LogP contribution in [0.25, 0.3) is 0 Å². The molecule has 0 bridgehead atoms. The van der Waals surface area contributed by atoms with Gasteiger partial charge in [0, 0.05) is 6.92 Å². The molecule has 0 N–H and O–H groups in total. The van der Waals surface area contributed by atoms with Crippen LogP contribution in [0, 0.1) is 5.41 Å². The molecule has 0 heterocycles. The Balaban J connectivity index is 4.16. The molecule has 0 aliphatic carbocycles. The maximum absolute atomic E-state index is 10.9. The van der Waals surface area contributed by atoms with Crippen LogP contribution in [0.1, 0.15) is 52.9 Å². The molecular weight excluding hydrogens is 192 g/mol. The quantitative estimate of drug-likeness (QED) is 0.460. The van der Waals surface area contributed by atoms with Gasteiger partial charge in [-0.15, -0.1) is 0 Å². The van der Waals surface area contributed by atoms with Crippen LogP contribution in [0.4, 0.5) is 0 Å². The van der Waals surface area contributed by atoms with E-state index in [1.807, 2.05) is 6.92 Å². The predicted molar refractivity (Wildman–Crippen MR) is 59.2 cm³/mol. The van der Waals surface area contributed by atoms with Crippen LogP contribution in [0.2, 0.25) is 0 Å². The van der Waals surface area contributed by atoms with Gasteiger partial charge in [0.25, 0.3) is 0 Å². The van der Waals surface area contributed by atoms with Crippen molar-refractivity contribution in [1.29, 1.82) is 0 Å². The average Bonchev–Trinajstić information content (AvgIpc) is 2.23. The Hall–Kier alpha value is -0.860. The highest BCUT2D eigenvalue weighted by atomic mass is 16.5. The van der Waals surface area contributed by atoms with Gasteiger partial charge in [0.15, 0.2) is 0 Å². The lowest BCUT2D eigenvalue weighted by molar-refractivity contribution is -0.143. The molecule has 0 aromatic carbocycles. The fraction of sp³-hybridized carbons (Fsp3) is 0.833. The Bertz CT molecular complexity index is 201. The van der Waals surface area contributed by atoms with Gasteiger partial charge in [0.1, 0.15) is 6.61 Å². The van der Waals surface area contributed by atoms with E-state index in [4.69, 9.17) is 4.74 Å². The molecule has 0 rings (SSSR count). The minimum Gasteiger partial charge on any atom is -0.465 e. The summed E-state index contributed by atoms with van der Waals surface area (Å²) in [5, 5.41) is 0. The molecule has 1 unspecified atom stereocenters. The fourth-order valence-corrected chi connectivity index (χ4v) is 1.46. The van der Waals surface area contributed by atoms with Gasteiger partial charge in [-0.25, -0.2) is 0 Å². The molecule has 0 aromatic rings. The summed E-state index contributed by atoms with van der Waals surface area (Å²) in [5.74, 6) is -0.335. The van der Waals surface area contributed by atoms with E-state index in [0.29, 0.717) is 6.42 Å². The van der Waals surface area contributed by atoms with E-state index in [0.717, 1.165) is 25.7 Å². The van der Waals surface area contributed by atoms with E-state index in [1.54, 1.807) is 0 Å². The van der Waals surface area contributed by atoms with Crippen LogP contribution >= 0.6 is 0 Å². The topological polar surface area (TPSA) is 43.4 Å². The summed E-state index contributed by atoms with van der Waals surface area (Å²) in [5.41, 5.74) is -0.582.